The van der Waals surface area contributed by atoms with Crippen LogP contribution in [0.5, 0.6) is 0 Å². The van der Waals surface area contributed by atoms with Gasteiger partial charge in [-0.05, 0) is 71.2 Å². The number of rotatable bonds is 8. The average molecular weight is 505 g/mol. The summed E-state index contributed by atoms with van der Waals surface area (Å²) in [5.74, 6) is -2.35. The molecule has 0 aliphatic carbocycles. The first-order valence-electron chi connectivity index (χ1n) is 12.3. The standard InChI is InChI=1S/C27H37FN2O6/c1-16(2)23-22(25(32)33)29-24(17-8-10-18(28)11-9-17)30(23)13-12-19-14-20(35-27(6,7)34-19)15-21(31)36-26(3,4)5/h8-11,16,19-20H,12-15H2,1-7H3,(H,32,33)/t19-,20-/m1/s1. The number of aromatic carboxylic acids is 1. The molecule has 9 heteroatoms. The molecule has 1 fully saturated rings. The highest BCUT2D eigenvalue weighted by Crippen LogP contribution is 2.33. The Kier molecular flexibility index (Phi) is 8.25. The van der Waals surface area contributed by atoms with Crippen LogP contribution in [0, 0.1) is 5.82 Å². The van der Waals surface area contributed by atoms with Crippen LogP contribution in [0.4, 0.5) is 4.39 Å². The highest BCUT2D eigenvalue weighted by atomic mass is 19.1. The van der Waals surface area contributed by atoms with Gasteiger partial charge in [0.15, 0.2) is 11.5 Å². The number of aromatic nitrogens is 2. The van der Waals surface area contributed by atoms with Gasteiger partial charge in [0.1, 0.15) is 17.2 Å². The Morgan fingerprint density at radius 2 is 1.81 bits per heavy atom. The SMILES string of the molecule is CC(C)c1c(C(=O)O)nc(-c2ccc(F)cc2)n1CC[C@@H]1C[C@H](CC(=O)OC(C)(C)C)OC(C)(C)O1. The molecular formula is C27H37FN2O6. The van der Waals surface area contributed by atoms with Gasteiger partial charge in [-0.25, -0.2) is 14.2 Å². The van der Waals surface area contributed by atoms with Crippen molar-refractivity contribution in [3.05, 3.63) is 41.5 Å². The van der Waals surface area contributed by atoms with E-state index >= 15 is 0 Å². The molecule has 2 aromatic rings. The molecule has 0 bridgehead atoms. The van der Waals surface area contributed by atoms with Crippen molar-refractivity contribution >= 4 is 11.9 Å². The number of benzene rings is 1. The minimum Gasteiger partial charge on any atom is -0.476 e. The molecule has 198 valence electrons. The van der Waals surface area contributed by atoms with E-state index in [-0.39, 0.29) is 42.0 Å². The summed E-state index contributed by atoms with van der Waals surface area (Å²) in [6, 6.07) is 5.84. The van der Waals surface area contributed by atoms with Crippen LogP contribution in [0.25, 0.3) is 11.4 Å². The maximum absolute atomic E-state index is 13.5. The van der Waals surface area contributed by atoms with E-state index in [4.69, 9.17) is 14.2 Å². The summed E-state index contributed by atoms with van der Waals surface area (Å²) >= 11 is 0. The molecule has 2 heterocycles. The lowest BCUT2D eigenvalue weighted by atomic mass is 10.0. The quantitative estimate of drug-likeness (QED) is 0.471. The van der Waals surface area contributed by atoms with E-state index < -0.39 is 17.4 Å². The van der Waals surface area contributed by atoms with Crippen LogP contribution < -0.4 is 0 Å². The smallest absolute Gasteiger partial charge is 0.356 e. The lowest BCUT2D eigenvalue weighted by Crippen LogP contribution is -2.46. The number of imidazole rings is 1. The molecule has 0 unspecified atom stereocenters. The van der Waals surface area contributed by atoms with Gasteiger partial charge in [0, 0.05) is 18.5 Å². The molecule has 1 aromatic carbocycles. The van der Waals surface area contributed by atoms with Gasteiger partial charge < -0.3 is 23.9 Å². The summed E-state index contributed by atoms with van der Waals surface area (Å²) in [4.78, 5) is 28.8. The first-order valence-corrected chi connectivity index (χ1v) is 12.3. The fourth-order valence-corrected chi connectivity index (χ4v) is 4.62. The molecular weight excluding hydrogens is 467 g/mol. The average Bonchev–Trinajstić information content (AvgIpc) is 3.10. The normalized spacial score (nSPS) is 19.9. The van der Waals surface area contributed by atoms with E-state index in [1.54, 1.807) is 12.1 Å². The van der Waals surface area contributed by atoms with Gasteiger partial charge in [-0.1, -0.05) is 13.8 Å². The van der Waals surface area contributed by atoms with E-state index in [0.29, 0.717) is 36.5 Å². The van der Waals surface area contributed by atoms with Gasteiger partial charge in [-0.3, -0.25) is 4.79 Å². The second-order valence-corrected chi connectivity index (χ2v) is 11.0. The van der Waals surface area contributed by atoms with Crippen LogP contribution in [0.15, 0.2) is 24.3 Å². The Labute approximate surface area is 211 Å². The van der Waals surface area contributed by atoms with Crippen LogP contribution in [0.1, 0.15) is 89.8 Å². The fraction of sp³-hybridized carbons (Fsp3) is 0.593. The number of carbonyl (C=O) groups is 2. The van der Waals surface area contributed by atoms with Crippen molar-refractivity contribution in [1.82, 2.24) is 9.55 Å². The zero-order valence-corrected chi connectivity index (χ0v) is 22.1. The van der Waals surface area contributed by atoms with Crippen LogP contribution in [-0.4, -0.2) is 50.2 Å². The minimum absolute atomic E-state index is 0.0136. The third-order valence-electron chi connectivity index (χ3n) is 5.77. The Bertz CT molecular complexity index is 1080. The molecule has 0 spiro atoms. The Morgan fingerprint density at radius 3 is 2.36 bits per heavy atom. The predicted molar refractivity (Wildman–Crippen MR) is 132 cm³/mol. The van der Waals surface area contributed by atoms with Crippen molar-refractivity contribution in [2.75, 3.05) is 0 Å². The van der Waals surface area contributed by atoms with E-state index in [1.807, 2.05) is 53.0 Å². The highest BCUT2D eigenvalue weighted by molar-refractivity contribution is 5.88. The third-order valence-corrected chi connectivity index (χ3v) is 5.77. The number of nitrogens with zero attached hydrogens (tertiary/aromatic N) is 2. The van der Waals surface area contributed by atoms with E-state index in [0.717, 1.165) is 0 Å². The summed E-state index contributed by atoms with van der Waals surface area (Å²) in [6.45, 7) is 13.4. The van der Waals surface area contributed by atoms with E-state index in [9.17, 15) is 19.1 Å². The number of carboxylic acid groups (broad SMARTS) is 1. The van der Waals surface area contributed by atoms with Crippen molar-refractivity contribution < 1.29 is 33.3 Å². The van der Waals surface area contributed by atoms with Gasteiger partial charge in [-0.2, -0.15) is 0 Å². The number of ether oxygens (including phenoxy) is 3. The number of halogens is 1. The zero-order chi connectivity index (χ0) is 26.8. The molecule has 1 saturated heterocycles. The molecule has 1 aromatic heterocycles. The van der Waals surface area contributed by atoms with Crippen molar-refractivity contribution in [3.63, 3.8) is 0 Å². The summed E-state index contributed by atoms with van der Waals surface area (Å²) < 4.78 is 33.0. The summed E-state index contributed by atoms with van der Waals surface area (Å²) in [5.41, 5.74) is 0.630. The minimum atomic E-state index is -1.11. The number of hydrogen-bond donors (Lipinski definition) is 1. The van der Waals surface area contributed by atoms with Crippen LogP contribution in [0.2, 0.25) is 0 Å². The van der Waals surface area contributed by atoms with E-state index in [1.165, 1.54) is 12.1 Å². The van der Waals surface area contributed by atoms with Gasteiger partial charge in [0.2, 0.25) is 0 Å². The second-order valence-electron chi connectivity index (χ2n) is 11.0. The molecule has 0 radical (unpaired) electrons. The number of carboxylic acids is 1. The summed E-state index contributed by atoms with van der Waals surface area (Å²) in [6.07, 6.45) is 0.546. The van der Waals surface area contributed by atoms with Gasteiger partial charge in [0.25, 0.3) is 0 Å². The molecule has 8 nitrogen and oxygen atoms in total. The molecule has 0 saturated carbocycles. The first kappa shape index (κ1) is 27.8. The number of carbonyl (C=O) groups excluding carboxylic acids is 1. The summed E-state index contributed by atoms with van der Waals surface area (Å²) in [5, 5.41) is 9.81. The maximum Gasteiger partial charge on any atom is 0.356 e. The lowest BCUT2D eigenvalue weighted by Gasteiger charge is -2.41. The fourth-order valence-electron chi connectivity index (χ4n) is 4.62. The monoisotopic (exact) mass is 504 g/mol. The van der Waals surface area contributed by atoms with Crippen LogP contribution in [0.3, 0.4) is 0 Å². The van der Waals surface area contributed by atoms with Crippen LogP contribution in [-0.2, 0) is 25.5 Å². The topological polar surface area (TPSA) is 99.9 Å². The first-order chi connectivity index (χ1) is 16.6. The van der Waals surface area contributed by atoms with Gasteiger partial charge >= 0.3 is 11.9 Å². The van der Waals surface area contributed by atoms with Crippen molar-refractivity contribution in [2.45, 2.75) is 104 Å². The lowest BCUT2D eigenvalue weighted by molar-refractivity contribution is -0.301. The summed E-state index contributed by atoms with van der Waals surface area (Å²) in [7, 11) is 0. The maximum atomic E-state index is 13.5. The zero-order valence-electron chi connectivity index (χ0n) is 22.1. The largest absolute Gasteiger partial charge is 0.476 e. The Hall–Kier alpha value is -2.78. The number of esters is 1. The molecule has 1 aliphatic rings. The van der Waals surface area contributed by atoms with Crippen molar-refractivity contribution in [2.24, 2.45) is 0 Å². The molecule has 2 atom stereocenters. The van der Waals surface area contributed by atoms with Gasteiger partial charge in [-0.15, -0.1) is 0 Å². The predicted octanol–water partition coefficient (Wildman–Crippen LogP) is 5.54. The number of hydrogen-bond acceptors (Lipinski definition) is 6. The highest BCUT2D eigenvalue weighted by Gasteiger charge is 2.37. The second kappa shape index (κ2) is 10.7. The van der Waals surface area contributed by atoms with E-state index in [2.05, 4.69) is 4.98 Å². The molecule has 36 heavy (non-hydrogen) atoms. The Balaban J connectivity index is 1.85. The Morgan fingerprint density at radius 1 is 1.19 bits per heavy atom. The molecule has 1 aliphatic heterocycles. The molecule has 3 rings (SSSR count). The third kappa shape index (κ3) is 7.13. The van der Waals surface area contributed by atoms with Gasteiger partial charge in [0.05, 0.1) is 24.3 Å². The molecule has 0 amide bonds. The van der Waals surface area contributed by atoms with Crippen LogP contribution >= 0.6 is 0 Å². The van der Waals surface area contributed by atoms with Crippen molar-refractivity contribution in [1.29, 1.82) is 0 Å². The molecule has 1 N–H and O–H groups in total. The van der Waals surface area contributed by atoms with Crippen molar-refractivity contribution in [3.8, 4) is 11.4 Å².